The zero-order chi connectivity index (χ0) is 19.2. The Kier molecular flexibility index (Phi) is 6.24. The monoisotopic (exact) mass is 381 g/mol. The van der Waals surface area contributed by atoms with Crippen LogP contribution in [0.2, 0.25) is 0 Å². The van der Waals surface area contributed by atoms with Crippen LogP contribution < -0.4 is 5.32 Å². The fourth-order valence-corrected chi connectivity index (χ4v) is 3.55. The number of carbonyl (C=O) groups excluding carboxylic acids is 1. The van der Waals surface area contributed by atoms with E-state index in [1.165, 1.54) is 17.3 Å². The van der Waals surface area contributed by atoms with Gasteiger partial charge in [0.2, 0.25) is 5.91 Å². The van der Waals surface area contributed by atoms with Gasteiger partial charge in [-0.15, -0.1) is 10.2 Å². The fraction of sp³-hybridized carbons (Fsp3) is 0.300. The SMILES string of the molecule is Cc1ccc(C)c(-n2c(C)nnc2SCC(=O)NCCc2ccccn2)c1. The predicted molar refractivity (Wildman–Crippen MR) is 107 cm³/mol. The summed E-state index contributed by atoms with van der Waals surface area (Å²) in [5, 5.41) is 12.1. The van der Waals surface area contributed by atoms with Gasteiger partial charge in [0, 0.05) is 24.9 Å². The number of pyridine rings is 1. The molecule has 3 aromatic rings. The summed E-state index contributed by atoms with van der Waals surface area (Å²) < 4.78 is 2.01. The van der Waals surface area contributed by atoms with Gasteiger partial charge in [-0.05, 0) is 50.1 Å². The summed E-state index contributed by atoms with van der Waals surface area (Å²) in [6.07, 6.45) is 2.48. The van der Waals surface area contributed by atoms with Crippen LogP contribution in [0.3, 0.4) is 0 Å². The zero-order valence-corrected chi connectivity index (χ0v) is 16.6. The Bertz CT molecular complexity index is 923. The highest BCUT2D eigenvalue weighted by Gasteiger charge is 2.15. The number of rotatable bonds is 7. The van der Waals surface area contributed by atoms with Crippen LogP contribution in [0.5, 0.6) is 0 Å². The number of thioether (sulfide) groups is 1. The highest BCUT2D eigenvalue weighted by Crippen LogP contribution is 2.24. The van der Waals surface area contributed by atoms with Crippen molar-refractivity contribution in [2.24, 2.45) is 0 Å². The van der Waals surface area contributed by atoms with Crippen molar-refractivity contribution >= 4 is 17.7 Å². The molecule has 2 heterocycles. The number of hydrogen-bond acceptors (Lipinski definition) is 5. The third kappa shape index (κ3) is 4.95. The molecule has 27 heavy (non-hydrogen) atoms. The average Bonchev–Trinajstić information content (AvgIpc) is 3.03. The second-order valence-electron chi connectivity index (χ2n) is 6.36. The van der Waals surface area contributed by atoms with Gasteiger partial charge in [0.15, 0.2) is 5.16 Å². The number of nitrogens with zero attached hydrogens (tertiary/aromatic N) is 4. The molecule has 6 nitrogen and oxygen atoms in total. The average molecular weight is 382 g/mol. The standard InChI is InChI=1S/C20H23N5OS/c1-14-7-8-15(2)18(12-14)25-16(3)23-24-20(25)27-13-19(26)22-11-9-17-6-4-5-10-21-17/h4-8,10,12H,9,11,13H2,1-3H3,(H,22,26). The molecule has 0 radical (unpaired) electrons. The molecule has 0 unspecified atom stereocenters. The molecular formula is C20H23N5OS. The van der Waals surface area contributed by atoms with E-state index in [9.17, 15) is 4.79 Å². The van der Waals surface area contributed by atoms with Gasteiger partial charge in [-0.3, -0.25) is 14.3 Å². The Morgan fingerprint density at radius 2 is 2.00 bits per heavy atom. The molecule has 0 bridgehead atoms. The Morgan fingerprint density at radius 3 is 2.78 bits per heavy atom. The van der Waals surface area contributed by atoms with Gasteiger partial charge >= 0.3 is 0 Å². The lowest BCUT2D eigenvalue weighted by Gasteiger charge is -2.12. The van der Waals surface area contributed by atoms with E-state index in [1.807, 2.05) is 29.7 Å². The summed E-state index contributed by atoms with van der Waals surface area (Å²) in [6.45, 7) is 6.61. The maximum absolute atomic E-state index is 12.2. The predicted octanol–water partition coefficient (Wildman–Crippen LogP) is 3.04. The lowest BCUT2D eigenvalue weighted by molar-refractivity contribution is -0.118. The van der Waals surface area contributed by atoms with E-state index in [0.717, 1.165) is 34.3 Å². The molecule has 1 N–H and O–H groups in total. The number of benzene rings is 1. The van der Waals surface area contributed by atoms with Gasteiger partial charge in [0.05, 0.1) is 11.4 Å². The van der Waals surface area contributed by atoms with Gasteiger partial charge in [-0.2, -0.15) is 0 Å². The van der Waals surface area contributed by atoms with E-state index >= 15 is 0 Å². The largest absolute Gasteiger partial charge is 0.355 e. The first-order chi connectivity index (χ1) is 13.0. The number of nitrogens with one attached hydrogen (secondary N) is 1. The molecule has 7 heteroatoms. The van der Waals surface area contributed by atoms with Gasteiger partial charge in [0.1, 0.15) is 5.82 Å². The minimum atomic E-state index is -0.0240. The van der Waals surface area contributed by atoms with Crippen LogP contribution >= 0.6 is 11.8 Å². The van der Waals surface area contributed by atoms with Crippen LogP contribution in [0.4, 0.5) is 0 Å². The molecule has 2 aromatic heterocycles. The second kappa shape index (κ2) is 8.81. The topological polar surface area (TPSA) is 72.7 Å². The molecule has 3 rings (SSSR count). The zero-order valence-electron chi connectivity index (χ0n) is 15.8. The van der Waals surface area contributed by atoms with Crippen molar-refractivity contribution in [3.8, 4) is 5.69 Å². The lowest BCUT2D eigenvalue weighted by atomic mass is 10.1. The second-order valence-corrected chi connectivity index (χ2v) is 7.31. The quantitative estimate of drug-likeness (QED) is 0.637. The Labute approximate surface area is 163 Å². The molecule has 0 aliphatic carbocycles. The van der Waals surface area contributed by atoms with Crippen LogP contribution in [0, 0.1) is 20.8 Å². The number of carbonyl (C=O) groups is 1. The molecule has 0 aliphatic rings. The summed E-state index contributed by atoms with van der Waals surface area (Å²) in [7, 11) is 0. The molecule has 0 aliphatic heterocycles. The Hall–Kier alpha value is -2.67. The van der Waals surface area contributed by atoms with Crippen molar-refractivity contribution < 1.29 is 4.79 Å². The lowest BCUT2D eigenvalue weighted by Crippen LogP contribution is -2.27. The summed E-state index contributed by atoms with van der Waals surface area (Å²) >= 11 is 1.39. The summed E-state index contributed by atoms with van der Waals surface area (Å²) in [4.78, 5) is 16.4. The molecule has 0 atom stereocenters. The first-order valence-electron chi connectivity index (χ1n) is 8.83. The van der Waals surface area contributed by atoms with Crippen molar-refractivity contribution in [2.45, 2.75) is 32.3 Å². The summed E-state index contributed by atoms with van der Waals surface area (Å²) in [6, 6.07) is 12.1. The van der Waals surface area contributed by atoms with Crippen LogP contribution in [-0.4, -0.2) is 38.0 Å². The fourth-order valence-electron chi connectivity index (χ4n) is 2.73. The number of hydrogen-bond donors (Lipinski definition) is 1. The number of aromatic nitrogens is 4. The summed E-state index contributed by atoms with van der Waals surface area (Å²) in [5.74, 6) is 1.08. The number of amides is 1. The van der Waals surface area contributed by atoms with E-state index in [4.69, 9.17) is 0 Å². The van der Waals surface area contributed by atoms with E-state index < -0.39 is 0 Å². The van der Waals surface area contributed by atoms with Crippen molar-refractivity contribution in [1.82, 2.24) is 25.1 Å². The molecule has 0 spiro atoms. The van der Waals surface area contributed by atoms with Crippen LogP contribution in [0.25, 0.3) is 5.69 Å². The van der Waals surface area contributed by atoms with E-state index in [0.29, 0.717) is 12.3 Å². The molecule has 140 valence electrons. The van der Waals surface area contributed by atoms with Gasteiger partial charge in [-0.1, -0.05) is 30.0 Å². The highest BCUT2D eigenvalue weighted by molar-refractivity contribution is 7.99. The third-order valence-corrected chi connectivity index (χ3v) is 5.09. The Balaban J connectivity index is 1.60. The maximum Gasteiger partial charge on any atom is 0.230 e. The van der Waals surface area contributed by atoms with E-state index in [2.05, 4.69) is 52.5 Å². The Morgan fingerprint density at radius 1 is 1.15 bits per heavy atom. The van der Waals surface area contributed by atoms with Crippen molar-refractivity contribution in [3.63, 3.8) is 0 Å². The van der Waals surface area contributed by atoms with Crippen LogP contribution in [0.15, 0.2) is 47.8 Å². The first-order valence-corrected chi connectivity index (χ1v) is 9.82. The normalized spacial score (nSPS) is 10.8. The molecule has 1 amide bonds. The molecular weight excluding hydrogens is 358 g/mol. The van der Waals surface area contributed by atoms with Crippen LogP contribution in [-0.2, 0) is 11.2 Å². The number of aryl methyl sites for hydroxylation is 3. The van der Waals surface area contributed by atoms with Crippen LogP contribution in [0.1, 0.15) is 22.6 Å². The van der Waals surface area contributed by atoms with Crippen molar-refractivity contribution in [3.05, 3.63) is 65.2 Å². The molecule has 0 saturated heterocycles. The van der Waals surface area contributed by atoms with E-state index in [1.54, 1.807) is 6.20 Å². The van der Waals surface area contributed by atoms with E-state index in [-0.39, 0.29) is 5.91 Å². The summed E-state index contributed by atoms with van der Waals surface area (Å²) in [5.41, 5.74) is 4.34. The maximum atomic E-state index is 12.2. The molecule has 0 saturated carbocycles. The highest BCUT2D eigenvalue weighted by atomic mass is 32.2. The van der Waals surface area contributed by atoms with Crippen molar-refractivity contribution in [2.75, 3.05) is 12.3 Å². The molecule has 0 fully saturated rings. The van der Waals surface area contributed by atoms with Gasteiger partial charge < -0.3 is 5.32 Å². The van der Waals surface area contributed by atoms with Gasteiger partial charge in [0.25, 0.3) is 0 Å². The molecule has 1 aromatic carbocycles. The van der Waals surface area contributed by atoms with Crippen molar-refractivity contribution in [1.29, 1.82) is 0 Å². The minimum absolute atomic E-state index is 0.0240. The third-order valence-electron chi connectivity index (χ3n) is 4.16. The first kappa shape index (κ1) is 19.1. The van der Waals surface area contributed by atoms with Gasteiger partial charge in [-0.25, -0.2) is 0 Å². The smallest absolute Gasteiger partial charge is 0.230 e. The minimum Gasteiger partial charge on any atom is -0.355 e.